The number of halogens is 1. The Kier molecular flexibility index (Phi) is 8.07. The number of likely N-dealkylation sites (tertiary alicyclic amines) is 1. The van der Waals surface area contributed by atoms with E-state index in [9.17, 15) is 4.79 Å². The molecule has 1 saturated heterocycles. The number of hydrogen-bond donors (Lipinski definition) is 1. The first kappa shape index (κ1) is 21.0. The number of methoxy groups -OCH3 is 1. The van der Waals surface area contributed by atoms with E-state index in [0.717, 1.165) is 35.2 Å². The topological polar surface area (TPSA) is 41.6 Å². The van der Waals surface area contributed by atoms with Crippen molar-refractivity contribution in [3.8, 4) is 5.75 Å². The summed E-state index contributed by atoms with van der Waals surface area (Å²) in [7, 11) is 1.68. The van der Waals surface area contributed by atoms with Gasteiger partial charge in [0.1, 0.15) is 5.75 Å². The fraction of sp³-hybridized carbons (Fsp3) is 0.409. The van der Waals surface area contributed by atoms with Crippen molar-refractivity contribution in [2.75, 3.05) is 32.5 Å². The zero-order chi connectivity index (χ0) is 19.8. The van der Waals surface area contributed by atoms with Crippen LogP contribution in [0.5, 0.6) is 5.75 Å². The minimum atomic E-state index is 0.0686. The van der Waals surface area contributed by atoms with Gasteiger partial charge in [0, 0.05) is 17.3 Å². The van der Waals surface area contributed by atoms with Gasteiger partial charge in [-0.2, -0.15) is 0 Å². The lowest BCUT2D eigenvalue weighted by Crippen LogP contribution is -2.37. The van der Waals surface area contributed by atoms with Crippen molar-refractivity contribution in [3.05, 3.63) is 64.7 Å². The second kappa shape index (κ2) is 10.7. The largest absolute Gasteiger partial charge is 0.497 e. The van der Waals surface area contributed by atoms with Crippen LogP contribution in [0.3, 0.4) is 0 Å². The summed E-state index contributed by atoms with van der Waals surface area (Å²) in [6, 6.07) is 16.1. The van der Waals surface area contributed by atoms with Gasteiger partial charge in [0.2, 0.25) is 5.91 Å². The molecule has 28 heavy (non-hydrogen) atoms. The van der Waals surface area contributed by atoms with Gasteiger partial charge in [-0.3, -0.25) is 9.69 Å². The molecule has 0 aromatic heterocycles. The molecule has 1 unspecified atom stereocenters. The van der Waals surface area contributed by atoms with E-state index in [0.29, 0.717) is 12.3 Å². The molecule has 0 aliphatic carbocycles. The van der Waals surface area contributed by atoms with Crippen molar-refractivity contribution in [2.45, 2.75) is 24.6 Å². The van der Waals surface area contributed by atoms with E-state index < -0.39 is 0 Å². The van der Waals surface area contributed by atoms with Gasteiger partial charge in [-0.25, -0.2) is 0 Å². The summed E-state index contributed by atoms with van der Waals surface area (Å²) in [5, 5.41) is 3.86. The molecule has 2 aromatic carbocycles. The molecule has 6 heteroatoms. The van der Waals surface area contributed by atoms with Gasteiger partial charge in [-0.05, 0) is 61.3 Å². The number of amides is 1. The molecule has 1 fully saturated rings. The number of rotatable bonds is 9. The molecular weight excluding hydrogens is 392 g/mol. The van der Waals surface area contributed by atoms with E-state index in [2.05, 4.69) is 22.3 Å². The Balaban J connectivity index is 1.53. The maximum atomic E-state index is 12.4. The van der Waals surface area contributed by atoms with Crippen LogP contribution in [0.4, 0.5) is 0 Å². The molecule has 0 bridgehead atoms. The van der Waals surface area contributed by atoms with Gasteiger partial charge >= 0.3 is 0 Å². The van der Waals surface area contributed by atoms with Gasteiger partial charge in [-0.15, -0.1) is 11.8 Å². The first-order valence-electron chi connectivity index (χ1n) is 9.62. The minimum absolute atomic E-state index is 0.0686. The zero-order valence-electron chi connectivity index (χ0n) is 16.2. The number of benzene rings is 2. The number of nitrogens with zero attached hydrogens (tertiary/aromatic N) is 1. The average Bonchev–Trinajstić information content (AvgIpc) is 3.23. The van der Waals surface area contributed by atoms with E-state index in [1.807, 2.05) is 36.4 Å². The van der Waals surface area contributed by atoms with Crippen LogP contribution in [0.25, 0.3) is 0 Å². The monoisotopic (exact) mass is 418 g/mol. The van der Waals surface area contributed by atoms with Crippen LogP contribution in [0.2, 0.25) is 5.02 Å². The van der Waals surface area contributed by atoms with E-state index >= 15 is 0 Å². The first-order valence-corrected chi connectivity index (χ1v) is 11.2. The average molecular weight is 419 g/mol. The van der Waals surface area contributed by atoms with Crippen molar-refractivity contribution in [2.24, 2.45) is 0 Å². The third-order valence-electron chi connectivity index (χ3n) is 4.94. The fourth-order valence-electron chi connectivity index (χ4n) is 3.51. The number of carbonyl (C=O) groups is 1. The molecule has 1 aliphatic heterocycles. The number of nitrogens with one attached hydrogen (secondary N) is 1. The summed E-state index contributed by atoms with van der Waals surface area (Å²) in [5.41, 5.74) is 2.32. The maximum absolute atomic E-state index is 12.4. The summed E-state index contributed by atoms with van der Waals surface area (Å²) < 4.78 is 5.38. The van der Waals surface area contributed by atoms with E-state index in [1.54, 1.807) is 18.9 Å². The summed E-state index contributed by atoms with van der Waals surface area (Å²) in [5.74, 6) is 2.14. The third-order valence-corrected chi connectivity index (χ3v) is 6.18. The summed E-state index contributed by atoms with van der Waals surface area (Å²) in [4.78, 5) is 14.8. The Morgan fingerprint density at radius 3 is 2.75 bits per heavy atom. The highest BCUT2D eigenvalue weighted by Gasteiger charge is 2.24. The van der Waals surface area contributed by atoms with Crippen molar-refractivity contribution in [1.82, 2.24) is 10.2 Å². The molecule has 1 heterocycles. The molecule has 0 radical (unpaired) electrons. The lowest BCUT2D eigenvalue weighted by Gasteiger charge is -2.28. The summed E-state index contributed by atoms with van der Waals surface area (Å²) in [6.45, 7) is 2.76. The Labute approximate surface area is 176 Å². The lowest BCUT2D eigenvalue weighted by atomic mass is 10.0. The van der Waals surface area contributed by atoms with Gasteiger partial charge in [0.05, 0.1) is 18.9 Å². The van der Waals surface area contributed by atoms with Gasteiger partial charge < -0.3 is 10.1 Å². The third kappa shape index (κ3) is 6.16. The Hall–Kier alpha value is -1.69. The lowest BCUT2D eigenvalue weighted by molar-refractivity contribution is -0.118. The van der Waals surface area contributed by atoms with Crippen LogP contribution < -0.4 is 10.1 Å². The van der Waals surface area contributed by atoms with Crippen LogP contribution in [0.15, 0.2) is 48.5 Å². The summed E-state index contributed by atoms with van der Waals surface area (Å²) >= 11 is 7.62. The molecule has 2 aromatic rings. The van der Waals surface area contributed by atoms with E-state index in [1.165, 1.54) is 18.4 Å². The number of hydrogen-bond acceptors (Lipinski definition) is 4. The molecule has 0 saturated carbocycles. The highest BCUT2D eigenvalue weighted by molar-refractivity contribution is 7.99. The second-order valence-electron chi connectivity index (χ2n) is 6.96. The minimum Gasteiger partial charge on any atom is -0.497 e. The number of carbonyl (C=O) groups excluding carboxylic acids is 1. The van der Waals surface area contributed by atoms with E-state index in [4.69, 9.17) is 16.3 Å². The molecule has 150 valence electrons. The fourth-order valence-corrected chi connectivity index (χ4v) is 4.53. The first-order chi connectivity index (χ1) is 13.7. The van der Waals surface area contributed by atoms with Gasteiger partial charge in [0.15, 0.2) is 0 Å². The summed E-state index contributed by atoms with van der Waals surface area (Å²) in [6.07, 6.45) is 2.42. The Morgan fingerprint density at radius 2 is 2.00 bits per heavy atom. The van der Waals surface area contributed by atoms with Crippen molar-refractivity contribution < 1.29 is 9.53 Å². The predicted octanol–water partition coefficient (Wildman–Crippen LogP) is 4.54. The molecule has 1 amide bonds. The van der Waals surface area contributed by atoms with Crippen LogP contribution >= 0.6 is 23.4 Å². The van der Waals surface area contributed by atoms with Crippen LogP contribution in [0.1, 0.15) is 30.0 Å². The normalized spacial score (nSPS) is 15.4. The smallest absolute Gasteiger partial charge is 0.230 e. The highest BCUT2D eigenvalue weighted by atomic mass is 35.5. The SMILES string of the molecule is COc1cccc(C(CNC(=O)CSCc2cccc(Cl)c2)N2CCCC2)c1. The van der Waals surface area contributed by atoms with Crippen molar-refractivity contribution in [3.63, 3.8) is 0 Å². The van der Waals surface area contributed by atoms with Crippen molar-refractivity contribution >= 4 is 29.3 Å². The Morgan fingerprint density at radius 1 is 1.21 bits per heavy atom. The molecule has 0 spiro atoms. The molecule has 1 atom stereocenters. The predicted molar refractivity (Wildman–Crippen MR) is 117 cm³/mol. The molecule has 4 nitrogen and oxygen atoms in total. The van der Waals surface area contributed by atoms with Gasteiger partial charge in [0.25, 0.3) is 0 Å². The van der Waals surface area contributed by atoms with Crippen LogP contribution in [-0.4, -0.2) is 43.3 Å². The van der Waals surface area contributed by atoms with Crippen molar-refractivity contribution in [1.29, 1.82) is 0 Å². The highest BCUT2D eigenvalue weighted by Crippen LogP contribution is 2.27. The molecule has 1 aliphatic rings. The second-order valence-corrected chi connectivity index (χ2v) is 8.38. The van der Waals surface area contributed by atoms with Crippen LogP contribution in [-0.2, 0) is 10.5 Å². The molecule has 1 N–H and O–H groups in total. The zero-order valence-corrected chi connectivity index (χ0v) is 17.8. The standard InChI is InChI=1S/C22H27ClN2O2S/c1-27-20-9-5-7-18(13-20)21(25-10-2-3-11-25)14-24-22(26)16-28-15-17-6-4-8-19(23)12-17/h4-9,12-13,21H,2-3,10-11,14-16H2,1H3,(H,24,26). The molecule has 3 rings (SSSR count). The van der Waals surface area contributed by atoms with Crippen LogP contribution in [0, 0.1) is 0 Å². The molecular formula is C22H27ClN2O2S. The number of ether oxygens (including phenoxy) is 1. The quantitative estimate of drug-likeness (QED) is 0.649. The van der Waals surface area contributed by atoms with Gasteiger partial charge in [-0.1, -0.05) is 35.9 Å². The van der Waals surface area contributed by atoms with E-state index in [-0.39, 0.29) is 11.9 Å². The Bertz CT molecular complexity index is 781. The maximum Gasteiger partial charge on any atom is 0.230 e. The number of thioether (sulfide) groups is 1.